The van der Waals surface area contributed by atoms with Crippen LogP contribution in [0.15, 0.2) is 24.8 Å². The predicted octanol–water partition coefficient (Wildman–Crippen LogP) is 1.24. The van der Waals surface area contributed by atoms with Gasteiger partial charge >= 0.3 is 0 Å². The van der Waals surface area contributed by atoms with Crippen molar-refractivity contribution in [2.75, 3.05) is 6.54 Å². The van der Waals surface area contributed by atoms with Crippen molar-refractivity contribution < 1.29 is 0 Å². The molecule has 2 rings (SSSR count). The molecule has 2 aromatic heterocycles. The molecule has 5 heteroatoms. The molecule has 0 saturated carbocycles. The predicted molar refractivity (Wildman–Crippen MR) is 66.6 cm³/mol. The number of hydrogen-bond donors (Lipinski definition) is 1. The monoisotopic (exact) mass is 233 g/mol. The molecule has 0 aromatic carbocycles. The second-order valence-corrected chi connectivity index (χ2v) is 4.28. The van der Waals surface area contributed by atoms with Crippen LogP contribution in [0.5, 0.6) is 0 Å². The van der Waals surface area contributed by atoms with Crippen LogP contribution in [0.25, 0.3) is 0 Å². The van der Waals surface area contributed by atoms with Gasteiger partial charge in [-0.2, -0.15) is 10.2 Å². The lowest BCUT2D eigenvalue weighted by Gasteiger charge is -2.15. The first-order valence-electron chi connectivity index (χ1n) is 5.91. The number of aromatic nitrogens is 4. The fourth-order valence-electron chi connectivity index (χ4n) is 1.90. The number of rotatable bonds is 5. The molecule has 17 heavy (non-hydrogen) atoms. The second kappa shape index (κ2) is 5.14. The van der Waals surface area contributed by atoms with Gasteiger partial charge in [0, 0.05) is 37.6 Å². The standard InChI is InChI=1S/C12H19N5/c1-4-5-13-12(10-6-14-16(2)8-10)11-7-15-17(3)9-11/h6-9,12-13H,4-5H2,1-3H3. The molecule has 0 unspecified atom stereocenters. The van der Waals surface area contributed by atoms with Gasteiger partial charge in [-0.25, -0.2) is 0 Å². The zero-order valence-corrected chi connectivity index (χ0v) is 10.6. The summed E-state index contributed by atoms with van der Waals surface area (Å²) >= 11 is 0. The molecule has 0 fully saturated rings. The van der Waals surface area contributed by atoms with E-state index in [-0.39, 0.29) is 6.04 Å². The van der Waals surface area contributed by atoms with Crippen LogP contribution >= 0.6 is 0 Å². The average molecular weight is 233 g/mol. The molecule has 2 aromatic rings. The van der Waals surface area contributed by atoms with Gasteiger partial charge in [0.05, 0.1) is 18.4 Å². The molecule has 1 N–H and O–H groups in total. The third kappa shape index (κ3) is 2.74. The summed E-state index contributed by atoms with van der Waals surface area (Å²) in [5, 5.41) is 12.0. The number of aryl methyl sites for hydroxylation is 2. The number of nitrogens with zero attached hydrogens (tertiary/aromatic N) is 4. The Morgan fingerprint density at radius 1 is 1.12 bits per heavy atom. The Morgan fingerprint density at radius 3 is 2.00 bits per heavy atom. The van der Waals surface area contributed by atoms with Crippen LogP contribution in [0.4, 0.5) is 0 Å². The first-order valence-corrected chi connectivity index (χ1v) is 5.91. The molecule has 0 spiro atoms. The Hall–Kier alpha value is -1.62. The Morgan fingerprint density at radius 2 is 1.65 bits per heavy atom. The van der Waals surface area contributed by atoms with Gasteiger partial charge in [-0.1, -0.05) is 6.92 Å². The van der Waals surface area contributed by atoms with Crippen molar-refractivity contribution in [2.24, 2.45) is 14.1 Å². The van der Waals surface area contributed by atoms with Crippen molar-refractivity contribution >= 4 is 0 Å². The van der Waals surface area contributed by atoms with Gasteiger partial charge in [-0.3, -0.25) is 9.36 Å². The smallest absolute Gasteiger partial charge is 0.0639 e. The Bertz CT molecular complexity index is 430. The first-order chi connectivity index (χ1) is 8.20. The van der Waals surface area contributed by atoms with Gasteiger partial charge in [-0.05, 0) is 13.0 Å². The Kier molecular flexibility index (Phi) is 3.58. The molecule has 0 bridgehead atoms. The topological polar surface area (TPSA) is 47.7 Å². The van der Waals surface area contributed by atoms with Gasteiger partial charge < -0.3 is 5.32 Å². The summed E-state index contributed by atoms with van der Waals surface area (Å²) in [5.41, 5.74) is 2.35. The highest BCUT2D eigenvalue weighted by molar-refractivity contribution is 5.25. The molecule has 2 heterocycles. The molecule has 0 aliphatic rings. The molecule has 92 valence electrons. The number of nitrogens with one attached hydrogen (secondary N) is 1. The molecular weight excluding hydrogens is 214 g/mol. The molecule has 0 saturated heterocycles. The van der Waals surface area contributed by atoms with Crippen LogP contribution in [-0.2, 0) is 14.1 Å². The van der Waals surface area contributed by atoms with E-state index in [1.54, 1.807) is 0 Å². The zero-order valence-electron chi connectivity index (χ0n) is 10.6. The lowest BCUT2D eigenvalue weighted by Crippen LogP contribution is -2.22. The van der Waals surface area contributed by atoms with Crippen LogP contribution in [-0.4, -0.2) is 26.1 Å². The molecule has 0 aliphatic carbocycles. The normalized spacial score (nSPS) is 11.3. The maximum atomic E-state index is 4.23. The van der Waals surface area contributed by atoms with Crippen molar-refractivity contribution in [1.82, 2.24) is 24.9 Å². The summed E-state index contributed by atoms with van der Waals surface area (Å²) < 4.78 is 3.65. The van der Waals surface area contributed by atoms with E-state index in [1.165, 1.54) is 11.1 Å². The van der Waals surface area contributed by atoms with Crippen molar-refractivity contribution in [2.45, 2.75) is 19.4 Å². The molecule has 0 aliphatic heterocycles. The fraction of sp³-hybridized carbons (Fsp3) is 0.500. The summed E-state index contributed by atoms with van der Waals surface area (Å²) in [6.45, 7) is 3.14. The highest BCUT2D eigenvalue weighted by Gasteiger charge is 2.16. The van der Waals surface area contributed by atoms with E-state index in [0.29, 0.717) is 0 Å². The zero-order chi connectivity index (χ0) is 12.3. The number of hydrogen-bond acceptors (Lipinski definition) is 3. The highest BCUT2D eigenvalue weighted by Crippen LogP contribution is 2.20. The largest absolute Gasteiger partial charge is 0.306 e. The average Bonchev–Trinajstić information content (AvgIpc) is 2.89. The minimum absolute atomic E-state index is 0.178. The Balaban J connectivity index is 2.24. The van der Waals surface area contributed by atoms with Crippen molar-refractivity contribution in [3.05, 3.63) is 35.9 Å². The van der Waals surface area contributed by atoms with Crippen LogP contribution in [0.2, 0.25) is 0 Å². The molecule has 0 atom stereocenters. The van der Waals surface area contributed by atoms with E-state index >= 15 is 0 Å². The third-order valence-electron chi connectivity index (χ3n) is 2.71. The van der Waals surface area contributed by atoms with Gasteiger partial charge in [-0.15, -0.1) is 0 Å². The highest BCUT2D eigenvalue weighted by atomic mass is 15.3. The molecule has 0 radical (unpaired) electrons. The first kappa shape index (κ1) is 11.9. The van der Waals surface area contributed by atoms with Crippen LogP contribution in [0.3, 0.4) is 0 Å². The van der Waals surface area contributed by atoms with E-state index < -0.39 is 0 Å². The SMILES string of the molecule is CCCNC(c1cnn(C)c1)c1cnn(C)c1. The third-order valence-corrected chi connectivity index (χ3v) is 2.71. The van der Waals surface area contributed by atoms with Gasteiger partial charge in [0.15, 0.2) is 0 Å². The minimum Gasteiger partial charge on any atom is -0.306 e. The maximum Gasteiger partial charge on any atom is 0.0639 e. The maximum absolute atomic E-state index is 4.23. The lowest BCUT2D eigenvalue weighted by atomic mass is 10.1. The molecular formula is C12H19N5. The summed E-state index contributed by atoms with van der Waals surface area (Å²) in [7, 11) is 3.87. The minimum atomic E-state index is 0.178. The Labute approximate surface area is 101 Å². The summed E-state index contributed by atoms with van der Waals surface area (Å²) in [5.74, 6) is 0. The van der Waals surface area contributed by atoms with Crippen molar-refractivity contribution in [1.29, 1.82) is 0 Å². The van der Waals surface area contributed by atoms with Gasteiger partial charge in [0.2, 0.25) is 0 Å². The van der Waals surface area contributed by atoms with Crippen LogP contribution < -0.4 is 5.32 Å². The van der Waals surface area contributed by atoms with Crippen LogP contribution in [0.1, 0.15) is 30.5 Å². The fourth-order valence-corrected chi connectivity index (χ4v) is 1.90. The van der Waals surface area contributed by atoms with Crippen molar-refractivity contribution in [3.8, 4) is 0 Å². The van der Waals surface area contributed by atoms with Crippen LogP contribution in [0, 0.1) is 0 Å². The van der Waals surface area contributed by atoms with E-state index in [1.807, 2.05) is 48.2 Å². The van der Waals surface area contributed by atoms with E-state index in [9.17, 15) is 0 Å². The van der Waals surface area contributed by atoms with E-state index in [4.69, 9.17) is 0 Å². The summed E-state index contributed by atoms with van der Waals surface area (Å²) in [6, 6.07) is 0.178. The van der Waals surface area contributed by atoms with E-state index in [2.05, 4.69) is 22.4 Å². The summed E-state index contributed by atoms with van der Waals surface area (Å²) in [4.78, 5) is 0. The molecule has 0 amide bonds. The lowest BCUT2D eigenvalue weighted by molar-refractivity contribution is 0.597. The summed E-state index contributed by atoms with van der Waals surface area (Å²) in [6.07, 6.45) is 9.00. The molecule has 5 nitrogen and oxygen atoms in total. The van der Waals surface area contributed by atoms with Gasteiger partial charge in [0.25, 0.3) is 0 Å². The van der Waals surface area contributed by atoms with Gasteiger partial charge in [0.1, 0.15) is 0 Å². The van der Waals surface area contributed by atoms with Crippen molar-refractivity contribution in [3.63, 3.8) is 0 Å². The second-order valence-electron chi connectivity index (χ2n) is 4.28. The van der Waals surface area contributed by atoms with E-state index in [0.717, 1.165) is 13.0 Å². The quantitative estimate of drug-likeness (QED) is 0.845.